The van der Waals surface area contributed by atoms with Crippen molar-refractivity contribution < 1.29 is 13.3 Å². The van der Waals surface area contributed by atoms with Crippen LogP contribution >= 0.6 is 0 Å². The van der Waals surface area contributed by atoms with Gasteiger partial charge in [-0.2, -0.15) is 4.98 Å². The lowest BCUT2D eigenvalue weighted by Crippen LogP contribution is -2.40. The van der Waals surface area contributed by atoms with Crippen molar-refractivity contribution in [2.75, 3.05) is 0 Å². The van der Waals surface area contributed by atoms with E-state index in [9.17, 15) is 14.0 Å². The Hall–Kier alpha value is -4.27. The maximum atomic E-state index is 13.2. The van der Waals surface area contributed by atoms with E-state index in [4.69, 9.17) is 8.94 Å². The molecular formula is C22H15FN4O4. The molecule has 0 saturated carbocycles. The summed E-state index contributed by atoms with van der Waals surface area (Å²) in [5, 5.41) is 4.30. The fraction of sp³-hybridized carbons (Fsp3) is 0.0909. The van der Waals surface area contributed by atoms with Crippen LogP contribution in [0.3, 0.4) is 0 Å². The van der Waals surface area contributed by atoms with Gasteiger partial charge < -0.3 is 8.94 Å². The van der Waals surface area contributed by atoms with Gasteiger partial charge in [0.1, 0.15) is 18.1 Å². The summed E-state index contributed by atoms with van der Waals surface area (Å²) < 4.78 is 26.3. The number of furan rings is 1. The summed E-state index contributed by atoms with van der Waals surface area (Å²) in [4.78, 5) is 30.4. The van der Waals surface area contributed by atoms with E-state index in [1.165, 1.54) is 35.1 Å². The number of para-hydroxylation sites is 1. The van der Waals surface area contributed by atoms with Gasteiger partial charge in [-0.25, -0.2) is 9.18 Å². The first-order valence-electron chi connectivity index (χ1n) is 9.43. The van der Waals surface area contributed by atoms with E-state index in [0.717, 1.165) is 4.57 Å². The molecule has 3 heterocycles. The quantitative estimate of drug-likeness (QED) is 0.435. The summed E-state index contributed by atoms with van der Waals surface area (Å²) in [5.74, 6) is 0.563. The van der Waals surface area contributed by atoms with E-state index in [2.05, 4.69) is 10.1 Å². The zero-order valence-corrected chi connectivity index (χ0v) is 16.1. The average Bonchev–Trinajstić information content (AvgIpc) is 3.47. The van der Waals surface area contributed by atoms with Gasteiger partial charge in [0.25, 0.3) is 5.56 Å². The Bertz CT molecular complexity index is 1480. The van der Waals surface area contributed by atoms with Gasteiger partial charge in [0, 0.05) is 5.56 Å². The average molecular weight is 418 g/mol. The Morgan fingerprint density at radius 2 is 1.71 bits per heavy atom. The van der Waals surface area contributed by atoms with Crippen molar-refractivity contribution in [3.8, 4) is 11.4 Å². The molecule has 0 saturated heterocycles. The standard InChI is InChI=1S/C22H15FN4O4/c23-15-9-7-14(8-10-15)20-24-19(31-25-20)13-26-18-6-2-1-5-17(18)21(28)27(22(26)29)12-16-4-3-11-30-16/h1-11H,12-13H2. The third kappa shape index (κ3) is 3.46. The second kappa shape index (κ2) is 7.52. The van der Waals surface area contributed by atoms with Crippen molar-refractivity contribution in [3.05, 3.63) is 105 Å². The first-order chi connectivity index (χ1) is 15.1. The minimum atomic E-state index is -0.526. The highest BCUT2D eigenvalue weighted by atomic mass is 19.1. The monoisotopic (exact) mass is 418 g/mol. The van der Waals surface area contributed by atoms with Gasteiger partial charge in [0.15, 0.2) is 0 Å². The smallest absolute Gasteiger partial charge is 0.332 e. The van der Waals surface area contributed by atoms with Crippen LogP contribution in [0.5, 0.6) is 0 Å². The molecule has 0 fully saturated rings. The number of rotatable bonds is 5. The van der Waals surface area contributed by atoms with Crippen LogP contribution in [-0.2, 0) is 13.1 Å². The maximum Gasteiger partial charge on any atom is 0.332 e. The number of nitrogens with zero attached hydrogens (tertiary/aromatic N) is 4. The first kappa shape index (κ1) is 18.7. The van der Waals surface area contributed by atoms with Crippen LogP contribution in [0.4, 0.5) is 4.39 Å². The van der Waals surface area contributed by atoms with E-state index < -0.39 is 11.2 Å². The van der Waals surface area contributed by atoms with E-state index in [-0.39, 0.29) is 30.6 Å². The van der Waals surface area contributed by atoms with Crippen molar-refractivity contribution >= 4 is 10.9 Å². The molecule has 0 N–H and O–H groups in total. The van der Waals surface area contributed by atoms with Gasteiger partial charge in [-0.1, -0.05) is 17.3 Å². The predicted molar refractivity (Wildman–Crippen MR) is 109 cm³/mol. The molecule has 0 aliphatic heterocycles. The van der Waals surface area contributed by atoms with Crippen LogP contribution in [0.1, 0.15) is 11.7 Å². The Labute approximate surface area is 173 Å². The number of aromatic nitrogens is 4. The molecule has 0 bridgehead atoms. The Kier molecular flexibility index (Phi) is 4.55. The lowest BCUT2D eigenvalue weighted by molar-refractivity contribution is 0.369. The molecule has 0 amide bonds. The SMILES string of the molecule is O=c1c2ccccc2n(Cc2nc(-c3ccc(F)cc3)no2)c(=O)n1Cc1ccco1. The van der Waals surface area contributed by atoms with Crippen molar-refractivity contribution in [2.24, 2.45) is 0 Å². The zero-order chi connectivity index (χ0) is 21.4. The summed E-state index contributed by atoms with van der Waals surface area (Å²) in [6.45, 7) is -0.0356. The molecule has 0 aliphatic carbocycles. The number of fused-ring (bicyclic) bond motifs is 1. The number of hydrogen-bond donors (Lipinski definition) is 0. The van der Waals surface area contributed by atoms with E-state index >= 15 is 0 Å². The molecule has 0 aliphatic rings. The highest BCUT2D eigenvalue weighted by molar-refractivity contribution is 5.77. The van der Waals surface area contributed by atoms with Crippen LogP contribution in [0.15, 0.2) is 85.5 Å². The predicted octanol–water partition coefficient (Wildman–Crippen LogP) is 3.04. The fourth-order valence-electron chi connectivity index (χ4n) is 3.39. The molecule has 0 spiro atoms. The van der Waals surface area contributed by atoms with Gasteiger partial charge in [-0.3, -0.25) is 13.9 Å². The fourth-order valence-corrected chi connectivity index (χ4v) is 3.39. The minimum Gasteiger partial charge on any atom is -0.467 e. The topological polar surface area (TPSA) is 96.1 Å². The molecule has 2 aromatic carbocycles. The first-order valence-corrected chi connectivity index (χ1v) is 9.43. The second-order valence-corrected chi connectivity index (χ2v) is 6.88. The zero-order valence-electron chi connectivity index (χ0n) is 16.1. The lowest BCUT2D eigenvalue weighted by Gasteiger charge is -2.12. The molecular weight excluding hydrogens is 403 g/mol. The molecule has 9 heteroatoms. The van der Waals surface area contributed by atoms with Crippen LogP contribution in [0.2, 0.25) is 0 Å². The summed E-state index contributed by atoms with van der Waals surface area (Å²) in [7, 11) is 0. The highest BCUT2D eigenvalue weighted by Gasteiger charge is 2.17. The molecule has 0 atom stereocenters. The maximum absolute atomic E-state index is 13.2. The van der Waals surface area contributed by atoms with E-state index in [0.29, 0.717) is 22.2 Å². The van der Waals surface area contributed by atoms with Crippen LogP contribution in [0, 0.1) is 5.82 Å². The van der Waals surface area contributed by atoms with E-state index in [1.54, 1.807) is 36.4 Å². The van der Waals surface area contributed by atoms with Gasteiger partial charge in [-0.05, 0) is 48.5 Å². The summed E-state index contributed by atoms with van der Waals surface area (Å²) >= 11 is 0. The molecule has 5 rings (SSSR count). The highest BCUT2D eigenvalue weighted by Crippen LogP contribution is 2.17. The third-order valence-corrected chi connectivity index (χ3v) is 4.89. The third-order valence-electron chi connectivity index (χ3n) is 4.89. The Balaban J connectivity index is 1.59. The Morgan fingerprint density at radius 3 is 2.48 bits per heavy atom. The summed E-state index contributed by atoms with van der Waals surface area (Å²) in [6, 6.07) is 15.9. The Morgan fingerprint density at radius 1 is 0.903 bits per heavy atom. The molecule has 31 heavy (non-hydrogen) atoms. The van der Waals surface area contributed by atoms with Gasteiger partial charge >= 0.3 is 5.69 Å². The molecule has 0 radical (unpaired) electrons. The number of benzene rings is 2. The largest absolute Gasteiger partial charge is 0.467 e. The van der Waals surface area contributed by atoms with Crippen LogP contribution in [0.25, 0.3) is 22.3 Å². The summed E-state index contributed by atoms with van der Waals surface area (Å²) in [6.07, 6.45) is 1.48. The second-order valence-electron chi connectivity index (χ2n) is 6.88. The number of halogens is 1. The van der Waals surface area contributed by atoms with E-state index in [1.807, 2.05) is 0 Å². The van der Waals surface area contributed by atoms with Crippen LogP contribution in [-0.4, -0.2) is 19.3 Å². The normalized spacial score (nSPS) is 11.3. The van der Waals surface area contributed by atoms with Gasteiger partial charge in [-0.15, -0.1) is 0 Å². The number of hydrogen-bond acceptors (Lipinski definition) is 6. The molecule has 8 nitrogen and oxygen atoms in total. The van der Waals surface area contributed by atoms with Crippen molar-refractivity contribution in [2.45, 2.75) is 13.1 Å². The minimum absolute atomic E-state index is 0.000162. The summed E-state index contributed by atoms with van der Waals surface area (Å²) in [5.41, 5.74) is 0.0959. The molecule has 5 aromatic rings. The molecule has 154 valence electrons. The van der Waals surface area contributed by atoms with Crippen molar-refractivity contribution in [1.82, 2.24) is 19.3 Å². The molecule has 3 aromatic heterocycles. The van der Waals surface area contributed by atoms with Crippen molar-refractivity contribution in [1.29, 1.82) is 0 Å². The van der Waals surface area contributed by atoms with Crippen LogP contribution < -0.4 is 11.2 Å². The molecule has 0 unspecified atom stereocenters. The van der Waals surface area contributed by atoms with Gasteiger partial charge in [0.2, 0.25) is 11.7 Å². The lowest BCUT2D eigenvalue weighted by atomic mass is 10.2. The van der Waals surface area contributed by atoms with Gasteiger partial charge in [0.05, 0.1) is 23.7 Å². The van der Waals surface area contributed by atoms with Crippen molar-refractivity contribution in [3.63, 3.8) is 0 Å².